The number of nitrogens with zero attached hydrogens (tertiary/aromatic N) is 1. The molecule has 2 aromatic rings. The van der Waals surface area contributed by atoms with Crippen LogP contribution in [0.5, 0.6) is 0 Å². The lowest BCUT2D eigenvalue weighted by Crippen LogP contribution is -2.24. The summed E-state index contributed by atoms with van der Waals surface area (Å²) in [6.45, 7) is 1.93. The van der Waals surface area contributed by atoms with Gasteiger partial charge < -0.3 is 0 Å². The Morgan fingerprint density at radius 2 is 1.71 bits per heavy atom. The zero-order valence-corrected chi connectivity index (χ0v) is 14.6. The number of hydrogen-bond donors (Lipinski definition) is 1. The van der Waals surface area contributed by atoms with Crippen LogP contribution < -0.4 is 4.83 Å². The van der Waals surface area contributed by atoms with Crippen LogP contribution >= 0.6 is 0 Å². The van der Waals surface area contributed by atoms with Gasteiger partial charge in [-0.25, -0.2) is 4.83 Å². The smallest absolute Gasteiger partial charge is 0.200 e. The topological polar surface area (TPSA) is 58.5 Å². The van der Waals surface area contributed by atoms with Crippen molar-refractivity contribution in [3.8, 4) is 0 Å². The number of nitrogens with one attached hydrogen (secondary N) is 1. The van der Waals surface area contributed by atoms with Crippen molar-refractivity contribution in [2.24, 2.45) is 5.10 Å². The summed E-state index contributed by atoms with van der Waals surface area (Å²) in [5, 5.41) is 4.29. The molecule has 0 spiro atoms. The third kappa shape index (κ3) is 3.85. The maximum atomic E-state index is 12.4. The number of rotatable bonds is 4. The fourth-order valence-corrected chi connectivity index (χ4v) is 3.90. The molecule has 0 saturated heterocycles. The summed E-state index contributed by atoms with van der Waals surface area (Å²) in [5.41, 5.74) is 3.14. The fourth-order valence-electron chi connectivity index (χ4n) is 3.06. The van der Waals surface area contributed by atoms with E-state index >= 15 is 0 Å². The van der Waals surface area contributed by atoms with Crippen molar-refractivity contribution < 1.29 is 8.42 Å². The summed E-state index contributed by atoms with van der Waals surface area (Å²) in [7, 11) is -3.62. The average Bonchev–Trinajstić information content (AvgIpc) is 2.61. The predicted octanol–water partition coefficient (Wildman–Crippen LogP) is 3.99. The van der Waals surface area contributed by atoms with Gasteiger partial charge in [-0.1, -0.05) is 54.4 Å². The third-order valence-electron chi connectivity index (χ3n) is 4.42. The lowest BCUT2D eigenvalue weighted by atomic mass is 9.82. The van der Waals surface area contributed by atoms with Gasteiger partial charge >= 0.3 is 0 Å². The fraction of sp³-hybridized carbons (Fsp3) is 0.316. The van der Waals surface area contributed by atoms with E-state index < -0.39 is 10.0 Å². The molecular weight excluding hydrogens is 320 g/mol. The van der Waals surface area contributed by atoms with Crippen molar-refractivity contribution in [2.45, 2.75) is 43.4 Å². The molecule has 5 heteroatoms. The van der Waals surface area contributed by atoms with Crippen LogP contribution in [0.3, 0.4) is 0 Å². The van der Waals surface area contributed by atoms with E-state index in [2.05, 4.69) is 22.1 Å². The Balaban J connectivity index is 1.82. The molecule has 1 aliphatic rings. The van der Waals surface area contributed by atoms with Gasteiger partial charge in [0.15, 0.2) is 0 Å². The van der Waals surface area contributed by atoms with Crippen LogP contribution in [-0.2, 0) is 10.0 Å². The molecule has 1 N–H and O–H groups in total. The van der Waals surface area contributed by atoms with Crippen LogP contribution in [0, 0.1) is 6.92 Å². The number of benzene rings is 2. The number of hydrogen-bond acceptors (Lipinski definition) is 3. The Morgan fingerprint density at radius 1 is 1.00 bits per heavy atom. The van der Waals surface area contributed by atoms with Crippen molar-refractivity contribution >= 4 is 15.7 Å². The molecule has 24 heavy (non-hydrogen) atoms. The van der Waals surface area contributed by atoms with Crippen LogP contribution in [0.1, 0.15) is 42.7 Å². The first-order valence-electron chi connectivity index (χ1n) is 8.26. The molecular formula is C19H22N2O2S. The van der Waals surface area contributed by atoms with Crippen LogP contribution in [0.4, 0.5) is 0 Å². The lowest BCUT2D eigenvalue weighted by molar-refractivity contribution is 0.579. The molecule has 0 radical (unpaired) electrons. The molecule has 0 aliphatic heterocycles. The molecule has 0 aromatic heterocycles. The molecule has 1 saturated carbocycles. The second-order valence-corrected chi connectivity index (χ2v) is 7.88. The van der Waals surface area contributed by atoms with Crippen molar-refractivity contribution in [2.75, 3.05) is 0 Å². The number of sulfonamides is 1. The summed E-state index contributed by atoms with van der Waals surface area (Å²) in [4.78, 5) is 2.66. The Morgan fingerprint density at radius 3 is 2.42 bits per heavy atom. The summed E-state index contributed by atoms with van der Waals surface area (Å²) < 4.78 is 24.8. The van der Waals surface area contributed by atoms with E-state index in [0.717, 1.165) is 37.0 Å². The summed E-state index contributed by atoms with van der Waals surface area (Å²) >= 11 is 0. The minimum atomic E-state index is -3.62. The quantitative estimate of drug-likeness (QED) is 0.854. The van der Waals surface area contributed by atoms with Gasteiger partial charge in [-0.15, -0.1) is 0 Å². The van der Waals surface area contributed by atoms with Crippen molar-refractivity contribution in [1.82, 2.24) is 4.83 Å². The van der Waals surface area contributed by atoms with Gasteiger partial charge in [-0.2, -0.15) is 13.5 Å². The zero-order valence-electron chi connectivity index (χ0n) is 13.8. The Labute approximate surface area is 143 Å². The van der Waals surface area contributed by atoms with Crippen molar-refractivity contribution in [3.63, 3.8) is 0 Å². The van der Waals surface area contributed by atoms with E-state index in [9.17, 15) is 8.42 Å². The standard InChI is InChI=1S/C19H22N2O2S/c1-15-11-13-17(14-12-15)24(22,23)21-20-19-10-6-5-9-18(19)16-7-3-2-4-8-16/h2-4,7-8,11-14,18,21H,5-6,9-10H2,1H3/b20-19+. The van der Waals surface area contributed by atoms with Crippen molar-refractivity contribution in [3.05, 3.63) is 65.7 Å². The molecule has 3 rings (SSSR count). The minimum absolute atomic E-state index is 0.195. The van der Waals surface area contributed by atoms with Crippen LogP contribution in [0.2, 0.25) is 0 Å². The molecule has 0 amide bonds. The van der Waals surface area contributed by atoms with Crippen LogP contribution in [0.25, 0.3) is 0 Å². The molecule has 4 nitrogen and oxygen atoms in total. The lowest BCUT2D eigenvalue weighted by Gasteiger charge is -2.24. The normalized spacial score (nSPS) is 20.0. The largest absolute Gasteiger partial charge is 0.276 e. The molecule has 1 unspecified atom stereocenters. The van der Waals surface area contributed by atoms with Gasteiger partial charge in [-0.05, 0) is 43.9 Å². The molecule has 1 aliphatic carbocycles. The Bertz CT molecular complexity index is 812. The highest BCUT2D eigenvalue weighted by molar-refractivity contribution is 7.89. The highest BCUT2D eigenvalue weighted by atomic mass is 32.2. The number of hydrazone groups is 1. The monoisotopic (exact) mass is 342 g/mol. The first kappa shape index (κ1) is 16.7. The van der Waals surface area contributed by atoms with Gasteiger partial charge in [0.05, 0.1) is 4.90 Å². The predicted molar refractivity (Wildman–Crippen MR) is 96.6 cm³/mol. The van der Waals surface area contributed by atoms with E-state index in [1.54, 1.807) is 24.3 Å². The van der Waals surface area contributed by atoms with Gasteiger partial charge in [0.1, 0.15) is 0 Å². The van der Waals surface area contributed by atoms with Gasteiger partial charge in [0.25, 0.3) is 10.0 Å². The SMILES string of the molecule is Cc1ccc(S(=O)(=O)N/N=C2\CCCCC2c2ccccc2)cc1. The molecule has 0 heterocycles. The Kier molecular flexibility index (Phi) is 5.00. The Hall–Kier alpha value is -2.14. The average molecular weight is 342 g/mol. The second-order valence-electron chi connectivity index (χ2n) is 6.22. The molecule has 1 atom stereocenters. The van der Waals surface area contributed by atoms with E-state index in [1.807, 2.05) is 25.1 Å². The van der Waals surface area contributed by atoms with E-state index in [-0.39, 0.29) is 10.8 Å². The maximum absolute atomic E-state index is 12.4. The summed E-state index contributed by atoms with van der Waals surface area (Å²) in [6, 6.07) is 17.0. The molecule has 2 aromatic carbocycles. The molecule has 0 bridgehead atoms. The zero-order chi connectivity index (χ0) is 17.0. The summed E-state index contributed by atoms with van der Waals surface area (Å²) in [6.07, 6.45) is 4.03. The van der Waals surface area contributed by atoms with E-state index in [1.165, 1.54) is 5.56 Å². The molecule has 1 fully saturated rings. The second kappa shape index (κ2) is 7.18. The van der Waals surface area contributed by atoms with Crippen molar-refractivity contribution in [1.29, 1.82) is 0 Å². The first-order valence-corrected chi connectivity index (χ1v) is 9.74. The van der Waals surface area contributed by atoms with Crippen LogP contribution in [-0.4, -0.2) is 14.1 Å². The highest BCUT2D eigenvalue weighted by Gasteiger charge is 2.23. The van der Waals surface area contributed by atoms with Crippen LogP contribution in [0.15, 0.2) is 64.6 Å². The van der Waals surface area contributed by atoms with Gasteiger partial charge in [-0.3, -0.25) is 0 Å². The maximum Gasteiger partial charge on any atom is 0.276 e. The minimum Gasteiger partial charge on any atom is -0.200 e. The highest BCUT2D eigenvalue weighted by Crippen LogP contribution is 2.30. The first-order chi connectivity index (χ1) is 11.6. The number of aryl methyl sites for hydroxylation is 1. The van der Waals surface area contributed by atoms with E-state index in [4.69, 9.17) is 0 Å². The summed E-state index contributed by atoms with van der Waals surface area (Å²) in [5.74, 6) is 0.195. The van der Waals surface area contributed by atoms with E-state index in [0.29, 0.717) is 0 Å². The van der Waals surface area contributed by atoms with Gasteiger partial charge in [0.2, 0.25) is 0 Å². The molecule has 126 valence electrons. The third-order valence-corrected chi connectivity index (χ3v) is 5.65. The van der Waals surface area contributed by atoms with Gasteiger partial charge in [0, 0.05) is 11.6 Å².